The molecule has 2 aliphatic rings. The Bertz CT molecular complexity index is 662. The van der Waals surface area contributed by atoms with E-state index in [1.165, 1.54) is 30.2 Å². The summed E-state index contributed by atoms with van der Waals surface area (Å²) in [6.07, 6.45) is 4.75. The van der Waals surface area contributed by atoms with Crippen LogP contribution in [0, 0.1) is 11.8 Å². The Morgan fingerprint density at radius 2 is 2.14 bits per heavy atom. The van der Waals surface area contributed by atoms with E-state index in [1.807, 2.05) is 0 Å². The molecule has 22 heavy (non-hydrogen) atoms. The smallest absolute Gasteiger partial charge is 0.134 e. The monoisotopic (exact) mass is 321 g/mol. The van der Waals surface area contributed by atoms with Crippen LogP contribution < -0.4 is 10.5 Å². The molecule has 1 aromatic heterocycles. The molecule has 3 nitrogen and oxygen atoms in total. The third kappa shape index (κ3) is 2.84. The Kier molecular flexibility index (Phi) is 4.37. The van der Waals surface area contributed by atoms with Crippen molar-refractivity contribution < 1.29 is 9.15 Å². The summed E-state index contributed by atoms with van der Waals surface area (Å²) in [6.45, 7) is 3.75. The van der Waals surface area contributed by atoms with Crippen LogP contribution in [0.5, 0.6) is 5.75 Å². The van der Waals surface area contributed by atoms with Crippen molar-refractivity contribution in [3.05, 3.63) is 29.5 Å². The number of benzene rings is 1. The largest absolute Gasteiger partial charge is 0.493 e. The normalized spacial score (nSPS) is 23.4. The van der Waals surface area contributed by atoms with Gasteiger partial charge in [0.05, 0.1) is 6.61 Å². The van der Waals surface area contributed by atoms with E-state index in [0.29, 0.717) is 11.8 Å². The molecular formula is C18H24ClNO2. The highest BCUT2D eigenvalue weighted by molar-refractivity contribution is 5.86. The zero-order valence-corrected chi connectivity index (χ0v) is 13.8. The van der Waals surface area contributed by atoms with Crippen molar-refractivity contribution in [3.8, 4) is 5.75 Å². The minimum absolute atomic E-state index is 0. The quantitative estimate of drug-likeness (QED) is 0.864. The molecule has 2 atom stereocenters. The first-order chi connectivity index (χ1) is 10.3. The average Bonchev–Trinajstić information content (AvgIpc) is 3.41. The maximum Gasteiger partial charge on any atom is 0.134 e. The van der Waals surface area contributed by atoms with Gasteiger partial charge in [-0.25, -0.2) is 0 Å². The van der Waals surface area contributed by atoms with Gasteiger partial charge in [0.25, 0.3) is 0 Å². The Morgan fingerprint density at radius 3 is 2.77 bits per heavy atom. The van der Waals surface area contributed by atoms with Crippen molar-refractivity contribution in [1.29, 1.82) is 0 Å². The number of hydrogen-bond acceptors (Lipinski definition) is 3. The molecule has 0 radical (unpaired) electrons. The third-order valence-electron chi connectivity index (χ3n) is 4.87. The Balaban J connectivity index is 0.00000144. The van der Waals surface area contributed by atoms with Gasteiger partial charge in [-0.3, -0.25) is 0 Å². The van der Waals surface area contributed by atoms with Gasteiger partial charge in [0.15, 0.2) is 0 Å². The Hall–Kier alpha value is -1.19. The fraction of sp³-hybridized carbons (Fsp3) is 0.556. The summed E-state index contributed by atoms with van der Waals surface area (Å²) < 4.78 is 12.0. The van der Waals surface area contributed by atoms with Crippen LogP contribution in [-0.2, 0) is 6.42 Å². The van der Waals surface area contributed by atoms with E-state index < -0.39 is 0 Å². The predicted octanol–water partition coefficient (Wildman–Crippen LogP) is 4.27. The van der Waals surface area contributed by atoms with Gasteiger partial charge in [-0.1, -0.05) is 6.92 Å². The van der Waals surface area contributed by atoms with E-state index >= 15 is 0 Å². The highest BCUT2D eigenvalue weighted by Gasteiger charge is 2.40. The molecule has 0 spiro atoms. The lowest BCUT2D eigenvalue weighted by molar-refractivity contribution is 0.297. The van der Waals surface area contributed by atoms with E-state index in [-0.39, 0.29) is 12.4 Å². The number of nitrogens with two attached hydrogens (primary N) is 1. The van der Waals surface area contributed by atoms with Crippen LogP contribution in [0.4, 0.5) is 0 Å². The topological polar surface area (TPSA) is 48.4 Å². The van der Waals surface area contributed by atoms with E-state index in [1.54, 1.807) is 0 Å². The zero-order valence-electron chi connectivity index (χ0n) is 13.0. The molecule has 0 bridgehead atoms. The predicted molar refractivity (Wildman–Crippen MR) is 91.0 cm³/mol. The van der Waals surface area contributed by atoms with Crippen molar-refractivity contribution in [2.75, 3.05) is 13.2 Å². The van der Waals surface area contributed by atoms with Crippen LogP contribution in [0.2, 0.25) is 0 Å². The molecule has 2 fully saturated rings. The first-order valence-electron chi connectivity index (χ1n) is 8.18. The van der Waals surface area contributed by atoms with Gasteiger partial charge < -0.3 is 14.9 Å². The van der Waals surface area contributed by atoms with Gasteiger partial charge in [0, 0.05) is 17.4 Å². The molecule has 2 aliphatic carbocycles. The van der Waals surface area contributed by atoms with E-state index in [9.17, 15) is 0 Å². The van der Waals surface area contributed by atoms with Gasteiger partial charge in [-0.05, 0) is 61.8 Å². The van der Waals surface area contributed by atoms with E-state index in [0.717, 1.165) is 42.6 Å². The molecule has 0 saturated heterocycles. The number of ether oxygens (including phenoxy) is 1. The number of aryl methyl sites for hydroxylation is 1. The van der Waals surface area contributed by atoms with Crippen molar-refractivity contribution in [2.45, 2.75) is 38.5 Å². The minimum atomic E-state index is 0. The second-order valence-corrected chi connectivity index (χ2v) is 6.55. The van der Waals surface area contributed by atoms with Crippen LogP contribution in [0.25, 0.3) is 11.0 Å². The van der Waals surface area contributed by atoms with Crippen molar-refractivity contribution >= 4 is 23.4 Å². The third-order valence-corrected chi connectivity index (χ3v) is 4.87. The van der Waals surface area contributed by atoms with E-state index in [2.05, 4.69) is 25.1 Å². The van der Waals surface area contributed by atoms with Crippen LogP contribution in [0.1, 0.15) is 43.4 Å². The lowest BCUT2D eigenvalue weighted by Crippen LogP contribution is -2.05. The first kappa shape index (κ1) is 15.7. The highest BCUT2D eigenvalue weighted by Crippen LogP contribution is 2.52. The summed E-state index contributed by atoms with van der Waals surface area (Å²) in [5.41, 5.74) is 8.18. The number of fused-ring (bicyclic) bond motifs is 1. The van der Waals surface area contributed by atoms with Crippen molar-refractivity contribution in [1.82, 2.24) is 0 Å². The lowest BCUT2D eigenvalue weighted by Gasteiger charge is -2.12. The van der Waals surface area contributed by atoms with Gasteiger partial charge in [0.2, 0.25) is 0 Å². The van der Waals surface area contributed by atoms with Crippen LogP contribution >= 0.6 is 12.4 Å². The summed E-state index contributed by atoms with van der Waals surface area (Å²) in [7, 11) is 0. The van der Waals surface area contributed by atoms with Crippen LogP contribution in [-0.4, -0.2) is 13.2 Å². The molecule has 2 N–H and O–H groups in total. The Morgan fingerprint density at radius 1 is 1.32 bits per heavy atom. The van der Waals surface area contributed by atoms with Crippen LogP contribution in [0.15, 0.2) is 22.6 Å². The number of hydrogen-bond donors (Lipinski definition) is 1. The first-order valence-corrected chi connectivity index (χ1v) is 8.18. The summed E-state index contributed by atoms with van der Waals surface area (Å²) in [5, 5.41) is 1.24. The number of halogens is 1. The summed E-state index contributed by atoms with van der Waals surface area (Å²) in [6, 6.07) is 6.34. The number of rotatable bonds is 6. The average molecular weight is 322 g/mol. The molecule has 120 valence electrons. The molecule has 2 aromatic rings. The summed E-state index contributed by atoms with van der Waals surface area (Å²) in [4.78, 5) is 0. The van der Waals surface area contributed by atoms with Crippen molar-refractivity contribution in [2.24, 2.45) is 17.6 Å². The van der Waals surface area contributed by atoms with Crippen LogP contribution in [0.3, 0.4) is 0 Å². The molecular weight excluding hydrogens is 298 g/mol. The maximum absolute atomic E-state index is 6.12. The molecule has 4 rings (SSSR count). The molecule has 1 aromatic carbocycles. The van der Waals surface area contributed by atoms with Gasteiger partial charge >= 0.3 is 0 Å². The van der Waals surface area contributed by atoms with Gasteiger partial charge in [-0.2, -0.15) is 0 Å². The molecule has 2 saturated carbocycles. The van der Waals surface area contributed by atoms with Gasteiger partial charge in [0.1, 0.15) is 17.1 Å². The fourth-order valence-electron chi connectivity index (χ4n) is 3.20. The molecule has 0 unspecified atom stereocenters. The maximum atomic E-state index is 6.12. The molecule has 4 heteroatoms. The second-order valence-electron chi connectivity index (χ2n) is 6.55. The van der Waals surface area contributed by atoms with Gasteiger partial charge in [-0.15, -0.1) is 12.4 Å². The zero-order chi connectivity index (χ0) is 14.4. The minimum Gasteiger partial charge on any atom is -0.493 e. The summed E-state index contributed by atoms with van der Waals surface area (Å²) >= 11 is 0. The standard InChI is InChI=1S/C18H23NO2.ClH/c1-2-13-8-15-16(21-13)5-6-17(20-10-11-3-4-11)18(15)14-7-12(14)9-19;/h5-6,8,11-12,14H,2-4,7,9-10,19H2,1H3;1H/t12-,14+;/m0./s1. The second kappa shape index (κ2) is 6.13. The highest BCUT2D eigenvalue weighted by atomic mass is 35.5. The lowest BCUT2D eigenvalue weighted by atomic mass is 10.0. The number of furan rings is 1. The fourth-order valence-corrected chi connectivity index (χ4v) is 3.20. The van der Waals surface area contributed by atoms with E-state index in [4.69, 9.17) is 14.9 Å². The van der Waals surface area contributed by atoms with Crippen molar-refractivity contribution in [3.63, 3.8) is 0 Å². The SMILES string of the molecule is CCc1cc2c([C@@H]3C[C@H]3CN)c(OCC3CC3)ccc2o1.Cl. The molecule has 1 heterocycles. The Labute approximate surface area is 137 Å². The molecule has 0 amide bonds. The molecule has 0 aliphatic heterocycles. The summed E-state index contributed by atoms with van der Waals surface area (Å²) in [5.74, 6) is 4.04.